The zero-order chi connectivity index (χ0) is 18.5. The van der Waals surface area contributed by atoms with Crippen LogP contribution < -0.4 is 11.1 Å². The molecule has 3 rings (SSSR count). The summed E-state index contributed by atoms with van der Waals surface area (Å²) in [7, 11) is 0. The summed E-state index contributed by atoms with van der Waals surface area (Å²) in [4.78, 5) is 35.4. The van der Waals surface area contributed by atoms with E-state index in [-0.39, 0.29) is 13.0 Å². The van der Waals surface area contributed by atoms with Gasteiger partial charge in [0.1, 0.15) is 11.1 Å². The SMILES string of the molecule is N#Cc1ccsc1NC(=O)COC(=O)CCn1c(=O)oc2ccccc21. The van der Waals surface area contributed by atoms with Crippen LogP contribution in [0.25, 0.3) is 11.1 Å². The average molecular weight is 371 g/mol. The summed E-state index contributed by atoms with van der Waals surface area (Å²) in [6.45, 7) is -0.386. The summed E-state index contributed by atoms with van der Waals surface area (Å²) >= 11 is 1.20. The lowest BCUT2D eigenvalue weighted by Crippen LogP contribution is -2.22. The Kier molecular flexibility index (Phi) is 5.15. The maximum absolute atomic E-state index is 11.8. The summed E-state index contributed by atoms with van der Waals surface area (Å²) in [5.74, 6) is -1.72. The molecule has 0 saturated heterocycles. The first-order valence-electron chi connectivity index (χ1n) is 7.60. The molecule has 0 fully saturated rings. The van der Waals surface area contributed by atoms with E-state index in [1.165, 1.54) is 15.9 Å². The third-order valence-electron chi connectivity index (χ3n) is 3.52. The van der Waals surface area contributed by atoms with E-state index in [0.29, 0.717) is 21.7 Å². The highest BCUT2D eigenvalue weighted by atomic mass is 32.1. The molecule has 2 heterocycles. The van der Waals surface area contributed by atoms with Crippen LogP contribution in [0.1, 0.15) is 12.0 Å². The highest BCUT2D eigenvalue weighted by Crippen LogP contribution is 2.21. The van der Waals surface area contributed by atoms with E-state index in [1.54, 1.807) is 35.7 Å². The number of carbonyl (C=O) groups excluding carboxylic acids is 2. The fourth-order valence-corrected chi connectivity index (χ4v) is 3.06. The van der Waals surface area contributed by atoms with Crippen molar-refractivity contribution in [3.63, 3.8) is 0 Å². The largest absolute Gasteiger partial charge is 0.456 e. The van der Waals surface area contributed by atoms with Crippen LogP contribution in [-0.2, 0) is 20.9 Å². The van der Waals surface area contributed by atoms with Crippen molar-refractivity contribution in [3.05, 3.63) is 51.8 Å². The van der Waals surface area contributed by atoms with E-state index in [0.717, 1.165) is 0 Å². The highest BCUT2D eigenvalue weighted by molar-refractivity contribution is 7.14. The minimum Gasteiger partial charge on any atom is -0.456 e. The Morgan fingerprint density at radius 1 is 1.31 bits per heavy atom. The first-order valence-corrected chi connectivity index (χ1v) is 8.48. The molecule has 0 aliphatic carbocycles. The predicted octanol–water partition coefficient (Wildman–Crippen LogP) is 2.10. The molecule has 3 aromatic rings. The van der Waals surface area contributed by atoms with Crippen molar-refractivity contribution in [1.82, 2.24) is 4.57 Å². The molecule has 8 nitrogen and oxygen atoms in total. The molecule has 1 N–H and O–H groups in total. The standard InChI is InChI=1S/C17H13N3O5S/c18-9-11-6-8-26-16(11)19-14(21)10-24-15(22)5-7-20-12-3-1-2-4-13(12)25-17(20)23/h1-4,6,8H,5,7,10H2,(H,19,21). The average Bonchev–Trinajstić information content (AvgIpc) is 3.21. The first-order chi connectivity index (χ1) is 12.6. The minimum atomic E-state index is -0.621. The Labute approximate surface area is 151 Å². The van der Waals surface area contributed by atoms with Crippen LogP contribution in [0.15, 0.2) is 44.9 Å². The molecule has 0 saturated carbocycles. The smallest absolute Gasteiger partial charge is 0.419 e. The lowest BCUT2D eigenvalue weighted by molar-refractivity contribution is -0.147. The van der Waals surface area contributed by atoms with Gasteiger partial charge in [-0.25, -0.2) is 4.79 Å². The quantitative estimate of drug-likeness (QED) is 0.664. The number of nitrogens with one attached hydrogen (secondary N) is 1. The number of para-hydroxylation sites is 2. The van der Waals surface area contributed by atoms with Gasteiger partial charge in [-0.1, -0.05) is 12.1 Å². The molecule has 0 atom stereocenters. The second kappa shape index (κ2) is 7.67. The molecule has 132 valence electrons. The highest BCUT2D eigenvalue weighted by Gasteiger charge is 2.13. The molecule has 26 heavy (non-hydrogen) atoms. The van der Waals surface area contributed by atoms with Gasteiger partial charge in [-0.05, 0) is 23.6 Å². The van der Waals surface area contributed by atoms with Gasteiger partial charge in [0.05, 0.1) is 17.5 Å². The maximum atomic E-state index is 11.8. The van der Waals surface area contributed by atoms with Gasteiger partial charge in [0.25, 0.3) is 5.91 Å². The Morgan fingerprint density at radius 3 is 2.92 bits per heavy atom. The number of aromatic nitrogens is 1. The molecule has 0 spiro atoms. The van der Waals surface area contributed by atoms with Crippen molar-refractivity contribution in [1.29, 1.82) is 5.26 Å². The molecule has 0 radical (unpaired) electrons. The summed E-state index contributed by atoms with van der Waals surface area (Å²) in [5, 5.41) is 13.5. The van der Waals surface area contributed by atoms with Gasteiger partial charge in [0, 0.05) is 6.54 Å². The molecule has 0 bridgehead atoms. The normalized spacial score (nSPS) is 10.4. The third-order valence-corrected chi connectivity index (χ3v) is 4.35. The molecule has 1 aromatic carbocycles. The van der Waals surface area contributed by atoms with Crippen LogP contribution in [0, 0.1) is 11.3 Å². The molecule has 0 aliphatic heterocycles. The van der Waals surface area contributed by atoms with Gasteiger partial charge in [0.2, 0.25) is 0 Å². The van der Waals surface area contributed by atoms with E-state index in [9.17, 15) is 14.4 Å². The molecule has 1 amide bonds. The number of oxazole rings is 1. The predicted molar refractivity (Wildman–Crippen MR) is 93.7 cm³/mol. The van der Waals surface area contributed by atoms with Crippen LogP contribution in [0.3, 0.4) is 0 Å². The van der Waals surface area contributed by atoms with Gasteiger partial charge in [-0.2, -0.15) is 5.26 Å². The number of rotatable bonds is 6. The number of esters is 1. The molecule has 9 heteroatoms. The van der Waals surface area contributed by atoms with Crippen LogP contribution >= 0.6 is 11.3 Å². The molecular formula is C17H13N3O5S. The summed E-state index contributed by atoms with van der Waals surface area (Å²) in [6.07, 6.45) is -0.0842. The number of nitriles is 1. The number of nitrogens with zero attached hydrogens (tertiary/aromatic N) is 2. The number of aryl methyl sites for hydroxylation is 1. The van der Waals surface area contributed by atoms with Gasteiger partial charge >= 0.3 is 11.7 Å². The van der Waals surface area contributed by atoms with Gasteiger partial charge in [-0.3, -0.25) is 14.2 Å². The number of fused-ring (bicyclic) bond motifs is 1. The molecule has 2 aromatic heterocycles. The Hall–Kier alpha value is -3.38. The van der Waals surface area contributed by atoms with Crippen LogP contribution in [0.4, 0.5) is 5.00 Å². The number of ether oxygens (including phenoxy) is 1. The van der Waals surface area contributed by atoms with Crippen molar-refractivity contribution in [2.24, 2.45) is 0 Å². The Balaban J connectivity index is 1.51. The number of hydrogen-bond donors (Lipinski definition) is 1. The number of amides is 1. The Morgan fingerprint density at radius 2 is 2.12 bits per heavy atom. The van der Waals surface area contributed by atoms with Crippen molar-refractivity contribution in [2.45, 2.75) is 13.0 Å². The third kappa shape index (κ3) is 3.81. The topological polar surface area (TPSA) is 114 Å². The van der Waals surface area contributed by atoms with Crippen LogP contribution in [0.5, 0.6) is 0 Å². The summed E-state index contributed by atoms with van der Waals surface area (Å²) in [6, 6.07) is 10.4. The van der Waals surface area contributed by atoms with Crippen LogP contribution in [-0.4, -0.2) is 23.1 Å². The van der Waals surface area contributed by atoms with Crippen molar-refractivity contribution in [2.75, 3.05) is 11.9 Å². The second-order valence-corrected chi connectivity index (χ2v) is 6.14. The second-order valence-electron chi connectivity index (χ2n) is 5.22. The van der Waals surface area contributed by atoms with E-state index < -0.39 is 24.2 Å². The van der Waals surface area contributed by atoms with Gasteiger partial charge in [0.15, 0.2) is 12.2 Å². The zero-order valence-corrected chi connectivity index (χ0v) is 14.2. The van der Waals surface area contributed by atoms with Gasteiger partial charge < -0.3 is 14.5 Å². The van der Waals surface area contributed by atoms with E-state index in [1.807, 2.05) is 6.07 Å². The van der Waals surface area contributed by atoms with Crippen LogP contribution in [0.2, 0.25) is 0 Å². The lowest BCUT2D eigenvalue weighted by Gasteiger charge is -2.06. The fourth-order valence-electron chi connectivity index (χ4n) is 2.30. The summed E-state index contributed by atoms with van der Waals surface area (Å²) in [5.41, 5.74) is 1.38. The lowest BCUT2D eigenvalue weighted by atomic mass is 10.3. The molecular weight excluding hydrogens is 358 g/mol. The Bertz CT molecular complexity index is 1060. The fraction of sp³-hybridized carbons (Fsp3) is 0.176. The minimum absolute atomic E-state index is 0.0831. The number of anilines is 1. The number of hydrogen-bond acceptors (Lipinski definition) is 7. The summed E-state index contributed by atoms with van der Waals surface area (Å²) < 4.78 is 11.3. The number of carbonyl (C=O) groups is 2. The van der Waals surface area contributed by atoms with Gasteiger partial charge in [-0.15, -0.1) is 11.3 Å². The van der Waals surface area contributed by atoms with Crippen molar-refractivity contribution in [3.8, 4) is 6.07 Å². The van der Waals surface area contributed by atoms with E-state index in [4.69, 9.17) is 14.4 Å². The molecule has 0 aliphatic rings. The maximum Gasteiger partial charge on any atom is 0.419 e. The number of thiophene rings is 1. The zero-order valence-electron chi connectivity index (χ0n) is 13.4. The first kappa shape index (κ1) is 17.4. The van der Waals surface area contributed by atoms with Crippen molar-refractivity contribution >= 4 is 39.3 Å². The monoisotopic (exact) mass is 371 g/mol. The number of benzene rings is 1. The molecule has 0 unspecified atom stereocenters. The van der Waals surface area contributed by atoms with E-state index >= 15 is 0 Å². The van der Waals surface area contributed by atoms with E-state index in [2.05, 4.69) is 5.32 Å². The van der Waals surface area contributed by atoms with Crippen molar-refractivity contribution < 1.29 is 18.7 Å².